The van der Waals surface area contributed by atoms with Crippen LogP contribution in [0.3, 0.4) is 0 Å². The molecule has 2 heterocycles. The van der Waals surface area contributed by atoms with E-state index >= 15 is 0 Å². The van der Waals surface area contributed by atoms with Crippen molar-refractivity contribution in [3.8, 4) is 0 Å². The van der Waals surface area contributed by atoms with E-state index in [4.69, 9.17) is 14.5 Å². The van der Waals surface area contributed by atoms with Crippen LogP contribution in [0.2, 0.25) is 0 Å². The van der Waals surface area contributed by atoms with Crippen LogP contribution in [0.25, 0.3) is 6.08 Å². The first-order valence-electron chi connectivity index (χ1n) is 18.0. The van der Waals surface area contributed by atoms with Gasteiger partial charge in [-0.15, -0.1) is 0 Å². The Morgan fingerprint density at radius 2 is 1.47 bits per heavy atom. The summed E-state index contributed by atoms with van der Waals surface area (Å²) in [5.74, 6) is 0.950. The minimum absolute atomic E-state index is 0.0336. The van der Waals surface area contributed by atoms with Crippen molar-refractivity contribution < 1.29 is 37.3 Å². The van der Waals surface area contributed by atoms with Crippen LogP contribution in [-0.2, 0) is 45.5 Å². The predicted molar refractivity (Wildman–Crippen MR) is 197 cm³/mol. The van der Waals surface area contributed by atoms with Crippen LogP contribution in [0.1, 0.15) is 105 Å². The lowest BCUT2D eigenvalue weighted by Crippen LogP contribution is -2.47. The number of carbonyl (C=O) groups excluding carboxylic acids is 3. The summed E-state index contributed by atoms with van der Waals surface area (Å²) >= 11 is 0. The molecule has 0 saturated heterocycles. The maximum absolute atomic E-state index is 13.9. The van der Waals surface area contributed by atoms with Crippen molar-refractivity contribution in [1.82, 2.24) is 15.0 Å². The van der Waals surface area contributed by atoms with Crippen LogP contribution in [0.15, 0.2) is 21.8 Å². The maximum atomic E-state index is 13.9. The fraction of sp³-hybridized carbons (Fsp3) is 0.676. The molecule has 1 aromatic rings. The molecule has 5 atom stereocenters. The Hall–Kier alpha value is -3.33. The molecule has 13 nitrogen and oxygen atoms in total. The van der Waals surface area contributed by atoms with E-state index in [0.717, 1.165) is 37.5 Å². The molecule has 2 saturated carbocycles. The molecule has 0 aromatic carbocycles. The highest BCUT2D eigenvalue weighted by atomic mass is 32.2. The van der Waals surface area contributed by atoms with Crippen molar-refractivity contribution in [2.45, 2.75) is 120 Å². The summed E-state index contributed by atoms with van der Waals surface area (Å²) in [5, 5.41) is 5.49. The number of esters is 1. The number of amidine groups is 1. The first-order valence-corrected chi connectivity index (χ1v) is 19.9. The molecule has 1 aliphatic heterocycles. The summed E-state index contributed by atoms with van der Waals surface area (Å²) in [5.41, 5.74) is 2.98. The summed E-state index contributed by atoms with van der Waals surface area (Å²) in [6, 6.07) is -1.13. The molecule has 284 valence electrons. The number of anilines is 1. The SMILES string of the molecule is CC(=O)Nc1[nH]c(/C=C2\N=C(NC(=O)C(C)NS(C)(=O)=O)C(C(=O)OC3C(C)CC(C)CC3C)=C2C)c(C)c1COOC1C(C)CC(C)CC1C. The second kappa shape index (κ2) is 16.6. The van der Waals surface area contributed by atoms with E-state index in [-0.39, 0.29) is 48.0 Å². The van der Waals surface area contributed by atoms with Gasteiger partial charge in [0.2, 0.25) is 21.8 Å². The zero-order valence-corrected chi connectivity index (χ0v) is 32.7. The minimum atomic E-state index is -3.69. The van der Waals surface area contributed by atoms with Crippen LogP contribution in [0.5, 0.6) is 0 Å². The van der Waals surface area contributed by atoms with Crippen LogP contribution in [0.4, 0.5) is 5.82 Å². The van der Waals surface area contributed by atoms with Crippen molar-refractivity contribution >= 4 is 45.5 Å². The fourth-order valence-electron chi connectivity index (χ4n) is 8.21. The van der Waals surface area contributed by atoms with Gasteiger partial charge in [-0.1, -0.05) is 41.5 Å². The maximum Gasteiger partial charge on any atom is 0.342 e. The second-order valence-corrected chi connectivity index (χ2v) is 17.3. The van der Waals surface area contributed by atoms with Gasteiger partial charge in [0.15, 0.2) is 0 Å². The quantitative estimate of drug-likeness (QED) is 0.130. The van der Waals surface area contributed by atoms with E-state index in [2.05, 4.69) is 66.9 Å². The third-order valence-electron chi connectivity index (χ3n) is 10.4. The average molecular weight is 732 g/mol. The lowest BCUT2D eigenvalue weighted by molar-refractivity contribution is -0.354. The fourth-order valence-corrected chi connectivity index (χ4v) is 8.96. The Labute approximate surface area is 302 Å². The van der Waals surface area contributed by atoms with Crippen molar-refractivity contribution in [1.29, 1.82) is 0 Å². The smallest absolute Gasteiger partial charge is 0.342 e. The molecule has 4 N–H and O–H groups in total. The number of hydrogen-bond acceptors (Lipinski definition) is 9. The molecule has 2 fully saturated rings. The van der Waals surface area contributed by atoms with Crippen LogP contribution < -0.4 is 15.4 Å². The minimum Gasteiger partial charge on any atom is -0.458 e. The number of nitrogens with one attached hydrogen (secondary N) is 4. The molecule has 4 rings (SSSR count). The molecule has 0 spiro atoms. The monoisotopic (exact) mass is 731 g/mol. The number of rotatable bonds is 11. The molecule has 0 bridgehead atoms. The van der Waals surface area contributed by atoms with Gasteiger partial charge in [-0.25, -0.2) is 32.7 Å². The normalized spacial score (nSPS) is 29.9. The molecule has 51 heavy (non-hydrogen) atoms. The number of carbonyl (C=O) groups is 3. The van der Waals surface area contributed by atoms with E-state index in [1.54, 1.807) is 13.0 Å². The van der Waals surface area contributed by atoms with E-state index < -0.39 is 27.9 Å². The first-order chi connectivity index (χ1) is 23.7. The standard InChI is InChI=1S/C37H57N5O8S/c1-18-12-20(3)32(21(4)13-18)49-37(45)31-25(8)30(40-35(31)41-36(44)26(9)42-51(11,46)47)16-29-24(7)28(34(39-29)38-27(10)43)17-48-50-33-22(5)14-19(2)15-23(33)6/h16,18-23,26,32-33,39,42H,12-15,17H2,1-11H3,(H,38,43)(H,40,41,44)/b30-16-. The highest BCUT2D eigenvalue weighted by Gasteiger charge is 2.38. The van der Waals surface area contributed by atoms with Gasteiger partial charge in [-0.3, -0.25) is 9.59 Å². The van der Waals surface area contributed by atoms with Gasteiger partial charge < -0.3 is 20.4 Å². The molecular formula is C37H57N5O8S. The number of hydrogen-bond donors (Lipinski definition) is 4. The number of allylic oxidation sites excluding steroid dienone is 1. The number of aromatic nitrogens is 1. The summed E-state index contributed by atoms with van der Waals surface area (Å²) in [6.07, 6.45) is 6.30. The molecule has 5 unspecified atom stereocenters. The number of amides is 2. The van der Waals surface area contributed by atoms with E-state index in [9.17, 15) is 22.8 Å². The van der Waals surface area contributed by atoms with Crippen molar-refractivity contribution in [3.05, 3.63) is 33.7 Å². The van der Waals surface area contributed by atoms with Gasteiger partial charge in [0.1, 0.15) is 29.9 Å². The highest BCUT2D eigenvalue weighted by Crippen LogP contribution is 2.38. The Morgan fingerprint density at radius 3 is 2.00 bits per heavy atom. The van der Waals surface area contributed by atoms with Crippen molar-refractivity contribution in [2.24, 2.45) is 40.5 Å². The van der Waals surface area contributed by atoms with Gasteiger partial charge in [0, 0.05) is 18.2 Å². The molecular weight excluding hydrogens is 675 g/mol. The zero-order valence-electron chi connectivity index (χ0n) is 31.9. The molecule has 14 heteroatoms. The number of ether oxygens (including phenoxy) is 1. The van der Waals surface area contributed by atoms with E-state index in [0.29, 0.717) is 52.0 Å². The van der Waals surface area contributed by atoms with Crippen LogP contribution >= 0.6 is 0 Å². The number of H-pyrrole nitrogens is 1. The lowest BCUT2D eigenvalue weighted by atomic mass is 9.75. The van der Waals surface area contributed by atoms with Crippen LogP contribution in [-0.4, -0.2) is 61.5 Å². The van der Waals surface area contributed by atoms with Gasteiger partial charge in [-0.05, 0) is 99.2 Å². The topological polar surface area (TPSA) is 177 Å². The third-order valence-corrected chi connectivity index (χ3v) is 11.2. The summed E-state index contributed by atoms with van der Waals surface area (Å²) in [7, 11) is -3.69. The molecule has 0 radical (unpaired) electrons. The van der Waals surface area contributed by atoms with Crippen LogP contribution in [0, 0.1) is 42.4 Å². The number of nitrogens with zero attached hydrogens (tertiary/aromatic N) is 1. The van der Waals surface area contributed by atoms with Gasteiger partial charge in [-0.2, -0.15) is 0 Å². The Kier molecular flexibility index (Phi) is 13.1. The van der Waals surface area contributed by atoms with Crippen molar-refractivity contribution in [2.75, 3.05) is 11.6 Å². The Bertz CT molecular complexity index is 1670. The third kappa shape index (κ3) is 10.2. The zero-order chi connectivity index (χ0) is 37.9. The predicted octanol–water partition coefficient (Wildman–Crippen LogP) is 5.54. The summed E-state index contributed by atoms with van der Waals surface area (Å²) in [6.45, 7) is 19.4. The van der Waals surface area contributed by atoms with Crippen molar-refractivity contribution in [3.63, 3.8) is 0 Å². The van der Waals surface area contributed by atoms with E-state index in [1.165, 1.54) is 13.8 Å². The molecule has 2 aliphatic carbocycles. The largest absolute Gasteiger partial charge is 0.458 e. The Balaban J connectivity index is 1.66. The number of sulfonamides is 1. The number of aliphatic imine (C=N–C) groups is 1. The first kappa shape index (κ1) is 40.4. The Morgan fingerprint density at radius 1 is 0.922 bits per heavy atom. The molecule has 2 amide bonds. The average Bonchev–Trinajstić information content (AvgIpc) is 3.44. The van der Waals surface area contributed by atoms with Gasteiger partial charge in [0.25, 0.3) is 0 Å². The van der Waals surface area contributed by atoms with Gasteiger partial charge >= 0.3 is 5.97 Å². The second-order valence-electron chi connectivity index (χ2n) is 15.5. The lowest BCUT2D eigenvalue weighted by Gasteiger charge is -2.37. The highest BCUT2D eigenvalue weighted by molar-refractivity contribution is 7.88. The molecule has 3 aliphatic rings. The van der Waals surface area contributed by atoms with E-state index in [1.807, 2.05) is 6.92 Å². The summed E-state index contributed by atoms with van der Waals surface area (Å²) < 4.78 is 32.0. The molecule has 1 aromatic heterocycles. The number of aromatic amines is 1. The van der Waals surface area contributed by atoms with Gasteiger partial charge in [0.05, 0.1) is 24.1 Å². The summed E-state index contributed by atoms with van der Waals surface area (Å²) in [4.78, 5) is 58.9.